The normalized spacial score (nSPS) is 13.2. The molecule has 1 aromatic rings. The molecule has 1 aromatic carbocycles. The van der Waals surface area contributed by atoms with Crippen LogP contribution in [0, 0.1) is 12.8 Å². The van der Waals surface area contributed by atoms with Crippen LogP contribution in [0.25, 0.3) is 0 Å². The van der Waals surface area contributed by atoms with Gasteiger partial charge in [-0.25, -0.2) is 0 Å². The zero-order valence-electron chi connectivity index (χ0n) is 13.9. The van der Waals surface area contributed by atoms with Crippen molar-refractivity contribution in [1.82, 2.24) is 10.2 Å². The Morgan fingerprint density at radius 2 is 1.80 bits per heavy atom. The molecule has 0 aromatic heterocycles. The maximum Gasteiger partial charge on any atom is 0.0233 e. The van der Waals surface area contributed by atoms with Crippen molar-refractivity contribution in [2.24, 2.45) is 5.92 Å². The first-order valence-corrected chi connectivity index (χ1v) is 7.95. The van der Waals surface area contributed by atoms with Gasteiger partial charge in [0.1, 0.15) is 0 Å². The van der Waals surface area contributed by atoms with E-state index in [4.69, 9.17) is 0 Å². The Labute approximate surface area is 125 Å². The Morgan fingerprint density at radius 3 is 2.45 bits per heavy atom. The van der Waals surface area contributed by atoms with Crippen LogP contribution in [-0.4, -0.2) is 31.1 Å². The first-order chi connectivity index (χ1) is 9.49. The van der Waals surface area contributed by atoms with E-state index >= 15 is 0 Å². The molecule has 0 amide bonds. The molecule has 114 valence electrons. The third-order valence-electron chi connectivity index (χ3n) is 3.86. The van der Waals surface area contributed by atoms with Gasteiger partial charge in [0.2, 0.25) is 0 Å². The first-order valence-electron chi connectivity index (χ1n) is 7.95. The molecule has 2 nitrogen and oxygen atoms in total. The van der Waals surface area contributed by atoms with Crippen molar-refractivity contribution in [3.63, 3.8) is 0 Å². The van der Waals surface area contributed by atoms with E-state index in [0.29, 0.717) is 6.04 Å². The SMILES string of the molecule is Cc1ccccc1CN(C)CCNC(C)CCC(C)C. The van der Waals surface area contributed by atoms with E-state index < -0.39 is 0 Å². The molecule has 2 heteroatoms. The van der Waals surface area contributed by atoms with Crippen LogP contribution in [0.2, 0.25) is 0 Å². The summed E-state index contributed by atoms with van der Waals surface area (Å²) in [5.41, 5.74) is 2.82. The second-order valence-electron chi connectivity index (χ2n) is 6.49. The summed E-state index contributed by atoms with van der Waals surface area (Å²) < 4.78 is 0. The van der Waals surface area contributed by atoms with Gasteiger partial charge in [0.05, 0.1) is 0 Å². The lowest BCUT2D eigenvalue weighted by molar-refractivity contribution is 0.314. The Kier molecular flexibility index (Phi) is 7.86. The van der Waals surface area contributed by atoms with Crippen LogP contribution in [0.1, 0.15) is 44.7 Å². The van der Waals surface area contributed by atoms with E-state index in [9.17, 15) is 0 Å². The van der Waals surface area contributed by atoms with Gasteiger partial charge in [-0.3, -0.25) is 0 Å². The van der Waals surface area contributed by atoms with Crippen LogP contribution < -0.4 is 5.32 Å². The number of rotatable bonds is 9. The Balaban J connectivity index is 2.20. The van der Waals surface area contributed by atoms with E-state index in [1.54, 1.807) is 0 Å². The van der Waals surface area contributed by atoms with Crippen LogP contribution in [0.15, 0.2) is 24.3 Å². The van der Waals surface area contributed by atoms with E-state index in [0.717, 1.165) is 25.6 Å². The van der Waals surface area contributed by atoms with E-state index in [1.165, 1.54) is 24.0 Å². The van der Waals surface area contributed by atoms with Gasteiger partial charge in [-0.1, -0.05) is 38.1 Å². The minimum absolute atomic E-state index is 0.629. The second-order valence-corrected chi connectivity index (χ2v) is 6.49. The average molecular weight is 276 g/mol. The fourth-order valence-electron chi connectivity index (χ4n) is 2.34. The lowest BCUT2D eigenvalue weighted by Crippen LogP contribution is -2.34. The maximum atomic E-state index is 3.63. The molecule has 1 atom stereocenters. The lowest BCUT2D eigenvalue weighted by Gasteiger charge is -2.20. The Morgan fingerprint density at radius 1 is 1.10 bits per heavy atom. The standard InChI is InChI=1S/C18H32N2/c1-15(2)10-11-17(4)19-12-13-20(5)14-18-9-7-6-8-16(18)3/h6-9,15,17,19H,10-14H2,1-5H3. The molecule has 1 unspecified atom stereocenters. The van der Waals surface area contributed by atoms with E-state index in [-0.39, 0.29) is 0 Å². The molecule has 0 spiro atoms. The molecule has 0 aliphatic carbocycles. The lowest BCUT2D eigenvalue weighted by atomic mass is 10.0. The number of hydrogen-bond acceptors (Lipinski definition) is 2. The van der Waals surface area contributed by atoms with Crippen molar-refractivity contribution in [2.75, 3.05) is 20.1 Å². The summed E-state index contributed by atoms with van der Waals surface area (Å²) in [4.78, 5) is 2.39. The smallest absolute Gasteiger partial charge is 0.0233 e. The van der Waals surface area contributed by atoms with Gasteiger partial charge in [-0.05, 0) is 50.8 Å². The number of nitrogens with zero attached hydrogens (tertiary/aromatic N) is 1. The van der Waals surface area contributed by atoms with Gasteiger partial charge < -0.3 is 10.2 Å². The van der Waals surface area contributed by atoms with Gasteiger partial charge in [0.15, 0.2) is 0 Å². The largest absolute Gasteiger partial charge is 0.313 e. The number of benzene rings is 1. The van der Waals surface area contributed by atoms with Crippen molar-refractivity contribution in [1.29, 1.82) is 0 Å². The highest BCUT2D eigenvalue weighted by Crippen LogP contribution is 2.09. The molecule has 20 heavy (non-hydrogen) atoms. The predicted octanol–water partition coefficient (Wildman–Crippen LogP) is 3.84. The number of hydrogen-bond donors (Lipinski definition) is 1. The van der Waals surface area contributed by atoms with Crippen molar-refractivity contribution in [3.05, 3.63) is 35.4 Å². The summed E-state index contributed by atoms with van der Waals surface area (Å²) in [5, 5.41) is 3.63. The van der Waals surface area contributed by atoms with Crippen LogP contribution in [0.3, 0.4) is 0 Å². The Bertz CT molecular complexity index is 373. The highest BCUT2D eigenvalue weighted by Gasteiger charge is 2.05. The summed E-state index contributed by atoms with van der Waals surface area (Å²) in [6.45, 7) is 12.3. The number of likely N-dealkylation sites (N-methyl/N-ethyl adjacent to an activating group) is 1. The molecule has 0 saturated carbocycles. The first kappa shape index (κ1) is 17.2. The van der Waals surface area contributed by atoms with Gasteiger partial charge in [0, 0.05) is 25.7 Å². The van der Waals surface area contributed by atoms with Crippen molar-refractivity contribution in [3.8, 4) is 0 Å². The van der Waals surface area contributed by atoms with Crippen molar-refractivity contribution < 1.29 is 0 Å². The minimum Gasteiger partial charge on any atom is -0.313 e. The number of aryl methyl sites for hydroxylation is 1. The summed E-state index contributed by atoms with van der Waals surface area (Å²) in [5.74, 6) is 0.808. The molecule has 1 N–H and O–H groups in total. The summed E-state index contributed by atoms with van der Waals surface area (Å²) >= 11 is 0. The minimum atomic E-state index is 0.629. The third kappa shape index (κ3) is 7.06. The monoisotopic (exact) mass is 276 g/mol. The zero-order valence-corrected chi connectivity index (χ0v) is 13.9. The molecule has 0 saturated heterocycles. The van der Waals surface area contributed by atoms with E-state index in [2.05, 4.69) is 69.2 Å². The van der Waals surface area contributed by atoms with Crippen LogP contribution >= 0.6 is 0 Å². The van der Waals surface area contributed by atoms with Crippen LogP contribution in [0.4, 0.5) is 0 Å². The molecule has 0 heterocycles. The van der Waals surface area contributed by atoms with Crippen molar-refractivity contribution >= 4 is 0 Å². The second kappa shape index (κ2) is 9.15. The highest BCUT2D eigenvalue weighted by molar-refractivity contribution is 5.25. The molecular formula is C18H32N2. The molecule has 0 aliphatic rings. The molecule has 0 radical (unpaired) electrons. The molecule has 0 bridgehead atoms. The van der Waals surface area contributed by atoms with Crippen LogP contribution in [-0.2, 0) is 6.54 Å². The predicted molar refractivity (Wildman–Crippen MR) is 89.0 cm³/mol. The highest BCUT2D eigenvalue weighted by atomic mass is 15.1. The topological polar surface area (TPSA) is 15.3 Å². The molecule has 0 fully saturated rings. The van der Waals surface area contributed by atoms with Gasteiger partial charge in [-0.15, -0.1) is 0 Å². The van der Waals surface area contributed by atoms with E-state index in [1.807, 2.05) is 0 Å². The van der Waals surface area contributed by atoms with Gasteiger partial charge in [0.25, 0.3) is 0 Å². The summed E-state index contributed by atoms with van der Waals surface area (Å²) in [7, 11) is 2.20. The maximum absolute atomic E-state index is 3.63. The summed E-state index contributed by atoms with van der Waals surface area (Å²) in [6, 6.07) is 9.28. The molecular weight excluding hydrogens is 244 g/mol. The fourth-order valence-corrected chi connectivity index (χ4v) is 2.34. The number of nitrogens with one attached hydrogen (secondary N) is 1. The third-order valence-corrected chi connectivity index (χ3v) is 3.86. The van der Waals surface area contributed by atoms with Gasteiger partial charge >= 0.3 is 0 Å². The Hall–Kier alpha value is -0.860. The van der Waals surface area contributed by atoms with Crippen LogP contribution in [0.5, 0.6) is 0 Å². The quantitative estimate of drug-likeness (QED) is 0.737. The zero-order chi connectivity index (χ0) is 15.0. The average Bonchev–Trinajstić information content (AvgIpc) is 2.39. The summed E-state index contributed by atoms with van der Waals surface area (Å²) in [6.07, 6.45) is 2.59. The molecule has 0 aliphatic heterocycles. The van der Waals surface area contributed by atoms with Gasteiger partial charge in [-0.2, -0.15) is 0 Å². The molecule has 1 rings (SSSR count). The fraction of sp³-hybridized carbons (Fsp3) is 0.667. The van der Waals surface area contributed by atoms with Crippen molar-refractivity contribution in [2.45, 2.75) is 53.1 Å².